The molecule has 1 saturated heterocycles. The molecule has 0 spiro atoms. The average molecular weight is 350 g/mol. The zero-order chi connectivity index (χ0) is 18.1. The zero-order valence-corrected chi connectivity index (χ0v) is 15.5. The number of hydrogen-bond acceptors (Lipinski definition) is 3. The average Bonchev–Trinajstić information content (AvgIpc) is 2.97. The monoisotopic (exact) mass is 350 g/mol. The van der Waals surface area contributed by atoms with Crippen molar-refractivity contribution < 1.29 is 9.53 Å². The summed E-state index contributed by atoms with van der Waals surface area (Å²) in [6, 6.07) is 16.5. The maximum Gasteiger partial charge on any atom is 0.257 e. The number of ether oxygens (including phenoxy) is 1. The van der Waals surface area contributed by atoms with Crippen molar-refractivity contribution in [1.82, 2.24) is 9.80 Å². The van der Waals surface area contributed by atoms with E-state index in [4.69, 9.17) is 4.74 Å². The number of piperazine rings is 1. The van der Waals surface area contributed by atoms with Crippen LogP contribution in [0.4, 0.5) is 0 Å². The van der Waals surface area contributed by atoms with Crippen molar-refractivity contribution in [2.75, 3.05) is 26.2 Å². The first-order valence-electron chi connectivity index (χ1n) is 9.48. The fourth-order valence-corrected chi connectivity index (χ4v) is 3.88. The summed E-state index contributed by atoms with van der Waals surface area (Å²) in [5, 5.41) is 0. The molecular weight excluding hydrogens is 324 g/mol. The third kappa shape index (κ3) is 3.21. The Kier molecular flexibility index (Phi) is 4.68. The summed E-state index contributed by atoms with van der Waals surface area (Å²) in [5.74, 6) is 1.23. The van der Waals surface area contributed by atoms with Gasteiger partial charge in [-0.1, -0.05) is 49.4 Å². The van der Waals surface area contributed by atoms with E-state index in [-0.39, 0.29) is 12.0 Å². The van der Waals surface area contributed by atoms with Gasteiger partial charge in [0.2, 0.25) is 0 Å². The lowest BCUT2D eigenvalue weighted by Crippen LogP contribution is -2.48. The van der Waals surface area contributed by atoms with Crippen LogP contribution in [0.5, 0.6) is 5.75 Å². The van der Waals surface area contributed by atoms with E-state index in [1.54, 1.807) is 0 Å². The summed E-state index contributed by atoms with van der Waals surface area (Å²) in [5.41, 5.74) is 3.20. The van der Waals surface area contributed by atoms with Crippen molar-refractivity contribution in [2.45, 2.75) is 32.4 Å². The van der Waals surface area contributed by atoms with Gasteiger partial charge in [-0.2, -0.15) is 0 Å². The fourth-order valence-electron chi connectivity index (χ4n) is 3.88. The first-order chi connectivity index (χ1) is 12.6. The van der Waals surface area contributed by atoms with Gasteiger partial charge in [0.15, 0.2) is 0 Å². The molecular formula is C22H26N2O2. The lowest BCUT2D eigenvalue weighted by Gasteiger charge is -2.35. The molecule has 26 heavy (non-hydrogen) atoms. The SMILES string of the molecule is C[C@@H]1Oc2c(C(=O)N3CCN(Cc4ccccc4)CC3)cccc2[C@@H]1C. The van der Waals surface area contributed by atoms with Crippen LogP contribution in [0.2, 0.25) is 0 Å². The molecule has 1 fully saturated rings. The van der Waals surface area contributed by atoms with Crippen molar-refractivity contribution in [2.24, 2.45) is 0 Å². The molecule has 0 unspecified atom stereocenters. The minimum Gasteiger partial charge on any atom is -0.489 e. The van der Waals surface area contributed by atoms with Gasteiger partial charge >= 0.3 is 0 Å². The highest BCUT2D eigenvalue weighted by atomic mass is 16.5. The van der Waals surface area contributed by atoms with Gasteiger partial charge in [0.05, 0.1) is 5.56 Å². The Balaban J connectivity index is 1.42. The van der Waals surface area contributed by atoms with Gasteiger partial charge in [-0.05, 0) is 18.6 Å². The lowest BCUT2D eigenvalue weighted by molar-refractivity contribution is 0.0623. The van der Waals surface area contributed by atoms with Crippen LogP contribution in [0.3, 0.4) is 0 Å². The number of benzene rings is 2. The second-order valence-electron chi connectivity index (χ2n) is 7.39. The topological polar surface area (TPSA) is 32.8 Å². The van der Waals surface area contributed by atoms with Crippen LogP contribution in [0.1, 0.15) is 41.3 Å². The van der Waals surface area contributed by atoms with Gasteiger partial charge in [-0.25, -0.2) is 0 Å². The van der Waals surface area contributed by atoms with Crippen molar-refractivity contribution in [1.29, 1.82) is 0 Å². The highest BCUT2D eigenvalue weighted by Gasteiger charge is 2.33. The molecule has 2 atom stereocenters. The number of hydrogen-bond donors (Lipinski definition) is 0. The molecule has 0 radical (unpaired) electrons. The Hall–Kier alpha value is -2.33. The predicted octanol–water partition coefficient (Wildman–Crippen LogP) is 3.53. The quantitative estimate of drug-likeness (QED) is 0.849. The van der Waals surface area contributed by atoms with Crippen LogP contribution < -0.4 is 4.74 Å². The number of carbonyl (C=O) groups excluding carboxylic acids is 1. The molecule has 2 aromatic carbocycles. The molecule has 0 aliphatic carbocycles. The Labute approximate surface area is 155 Å². The normalized spacial score (nSPS) is 22.8. The largest absolute Gasteiger partial charge is 0.489 e. The first-order valence-corrected chi connectivity index (χ1v) is 9.48. The van der Waals surface area contributed by atoms with Gasteiger partial charge < -0.3 is 9.64 Å². The Morgan fingerprint density at radius 3 is 2.46 bits per heavy atom. The molecule has 2 aliphatic rings. The minimum absolute atomic E-state index is 0.0995. The smallest absolute Gasteiger partial charge is 0.257 e. The molecule has 0 bridgehead atoms. The molecule has 2 aromatic rings. The van der Waals surface area contributed by atoms with Gasteiger partial charge in [-0.3, -0.25) is 9.69 Å². The summed E-state index contributed by atoms with van der Waals surface area (Å²) in [4.78, 5) is 17.4. The van der Waals surface area contributed by atoms with Crippen LogP contribution in [-0.2, 0) is 6.54 Å². The second kappa shape index (κ2) is 7.12. The molecule has 0 N–H and O–H groups in total. The van der Waals surface area contributed by atoms with Crippen LogP contribution in [-0.4, -0.2) is 48.0 Å². The van der Waals surface area contributed by atoms with Crippen LogP contribution in [0, 0.1) is 0 Å². The summed E-state index contributed by atoms with van der Waals surface area (Å²) in [6.07, 6.45) is 0.127. The van der Waals surface area contributed by atoms with E-state index in [2.05, 4.69) is 49.1 Å². The van der Waals surface area contributed by atoms with Gasteiger partial charge in [0.25, 0.3) is 5.91 Å². The van der Waals surface area contributed by atoms with E-state index in [0.717, 1.165) is 49.6 Å². The molecule has 4 heteroatoms. The number of nitrogens with zero attached hydrogens (tertiary/aromatic N) is 2. The lowest BCUT2D eigenvalue weighted by atomic mass is 9.96. The molecule has 1 amide bonds. The number of fused-ring (bicyclic) bond motifs is 1. The Bertz CT molecular complexity index is 782. The second-order valence-corrected chi connectivity index (χ2v) is 7.39. The van der Waals surface area contributed by atoms with Crippen molar-refractivity contribution in [3.05, 3.63) is 65.2 Å². The summed E-state index contributed by atoms with van der Waals surface area (Å²) >= 11 is 0. The first kappa shape index (κ1) is 17.1. The molecule has 136 valence electrons. The van der Waals surface area contributed by atoms with Crippen LogP contribution in [0.15, 0.2) is 48.5 Å². The number of carbonyl (C=O) groups is 1. The molecule has 0 aromatic heterocycles. The van der Waals surface area contributed by atoms with Crippen LogP contribution in [0.25, 0.3) is 0 Å². The van der Waals surface area contributed by atoms with Crippen molar-refractivity contribution in [3.8, 4) is 5.75 Å². The summed E-state index contributed by atoms with van der Waals surface area (Å²) in [6.45, 7) is 8.52. The summed E-state index contributed by atoms with van der Waals surface area (Å²) in [7, 11) is 0. The van der Waals surface area contributed by atoms with Crippen molar-refractivity contribution in [3.63, 3.8) is 0 Å². The minimum atomic E-state index is 0.0995. The van der Waals surface area contributed by atoms with E-state index in [1.165, 1.54) is 5.56 Å². The Morgan fingerprint density at radius 1 is 1.00 bits per heavy atom. The number of para-hydroxylation sites is 1. The maximum atomic E-state index is 13.1. The molecule has 4 rings (SSSR count). The highest BCUT2D eigenvalue weighted by molar-refractivity contribution is 5.97. The van der Waals surface area contributed by atoms with E-state index in [1.807, 2.05) is 23.1 Å². The van der Waals surface area contributed by atoms with E-state index >= 15 is 0 Å². The molecule has 0 saturated carbocycles. The summed E-state index contributed by atoms with van der Waals surface area (Å²) < 4.78 is 6.00. The molecule has 2 heterocycles. The predicted molar refractivity (Wildman–Crippen MR) is 103 cm³/mol. The molecule has 4 nitrogen and oxygen atoms in total. The Morgan fingerprint density at radius 2 is 1.73 bits per heavy atom. The zero-order valence-electron chi connectivity index (χ0n) is 15.5. The maximum absolute atomic E-state index is 13.1. The van der Waals surface area contributed by atoms with E-state index in [0.29, 0.717) is 5.92 Å². The van der Waals surface area contributed by atoms with Crippen molar-refractivity contribution >= 4 is 5.91 Å². The third-order valence-electron chi connectivity index (χ3n) is 5.68. The van der Waals surface area contributed by atoms with Crippen LogP contribution >= 0.6 is 0 Å². The highest BCUT2D eigenvalue weighted by Crippen LogP contribution is 2.40. The standard InChI is InChI=1S/C22H26N2O2/c1-16-17(2)26-21-19(16)9-6-10-20(21)22(25)24-13-11-23(12-14-24)15-18-7-4-3-5-8-18/h3-10,16-17H,11-15H2,1-2H3/t16-,17+/m1/s1. The van der Waals surface area contributed by atoms with Gasteiger partial charge in [0, 0.05) is 44.2 Å². The fraction of sp³-hybridized carbons (Fsp3) is 0.409. The number of rotatable bonds is 3. The van der Waals surface area contributed by atoms with E-state index < -0.39 is 0 Å². The molecule has 2 aliphatic heterocycles. The van der Waals surface area contributed by atoms with E-state index in [9.17, 15) is 4.79 Å². The number of amides is 1. The van der Waals surface area contributed by atoms with Gasteiger partial charge in [0.1, 0.15) is 11.9 Å². The third-order valence-corrected chi connectivity index (χ3v) is 5.68. The van der Waals surface area contributed by atoms with Gasteiger partial charge in [-0.15, -0.1) is 0 Å².